The number of benzene rings is 2. The summed E-state index contributed by atoms with van der Waals surface area (Å²) in [5.74, 6) is 0.975. The van der Waals surface area contributed by atoms with Crippen molar-refractivity contribution in [2.24, 2.45) is 14.1 Å². The topological polar surface area (TPSA) is 40.1 Å². The maximum Gasteiger partial charge on any atom is 0.215 e. The number of fused-ring (bicyclic) bond motifs is 6. The summed E-state index contributed by atoms with van der Waals surface area (Å²) < 4.78 is 6.53. The van der Waals surface area contributed by atoms with E-state index in [2.05, 4.69) is 63.7 Å². The summed E-state index contributed by atoms with van der Waals surface area (Å²) in [4.78, 5) is 9.44. The van der Waals surface area contributed by atoms with E-state index in [9.17, 15) is 0 Å². The van der Waals surface area contributed by atoms with E-state index in [1.165, 1.54) is 27.7 Å². The molecule has 0 fully saturated rings. The van der Waals surface area contributed by atoms with Gasteiger partial charge in [0.1, 0.15) is 0 Å². The summed E-state index contributed by atoms with van der Waals surface area (Å²) in [5, 5.41) is 0. The number of imidazole rings is 3. The zero-order chi connectivity index (χ0) is 15.9. The summed E-state index contributed by atoms with van der Waals surface area (Å²) in [6.07, 6.45) is 1.88. The Hall–Kier alpha value is -2.82. The quantitative estimate of drug-likeness (QED) is 0.439. The van der Waals surface area contributed by atoms with Crippen LogP contribution in [0.25, 0.3) is 38.9 Å². The molecule has 0 saturated heterocycles. The normalized spacial score (nSPS) is 12.3. The van der Waals surface area contributed by atoms with E-state index in [0.29, 0.717) is 0 Å². The SMILES string of the molecule is Cc1cccc2c1nc1n(C)c3c(C)c4c(cc3n21)ncn4C. The van der Waals surface area contributed by atoms with Crippen molar-refractivity contribution in [1.29, 1.82) is 0 Å². The fourth-order valence-electron chi connectivity index (χ4n) is 3.90. The molecule has 0 aliphatic heterocycles. The smallest absolute Gasteiger partial charge is 0.215 e. The molecule has 0 amide bonds. The van der Waals surface area contributed by atoms with Crippen molar-refractivity contribution in [3.63, 3.8) is 0 Å². The third-order valence-electron chi connectivity index (χ3n) is 4.94. The predicted octanol–water partition coefficient (Wildman–Crippen LogP) is 3.48. The van der Waals surface area contributed by atoms with Gasteiger partial charge in [0, 0.05) is 19.7 Å². The Morgan fingerprint density at radius 3 is 2.65 bits per heavy atom. The van der Waals surface area contributed by atoms with Crippen LogP contribution in [0.2, 0.25) is 0 Å². The number of hydrogen-bond acceptors (Lipinski definition) is 2. The lowest BCUT2D eigenvalue weighted by atomic mass is 10.1. The van der Waals surface area contributed by atoms with Crippen molar-refractivity contribution in [3.05, 3.63) is 41.7 Å². The van der Waals surface area contributed by atoms with Gasteiger partial charge in [-0.1, -0.05) is 12.1 Å². The van der Waals surface area contributed by atoms with Gasteiger partial charge in [0.05, 0.1) is 39.4 Å². The zero-order valence-electron chi connectivity index (χ0n) is 13.6. The molecular formula is C18H17N5. The second-order valence-corrected chi connectivity index (χ2v) is 6.34. The Kier molecular flexibility index (Phi) is 2.17. The molecule has 5 aromatic rings. The Morgan fingerprint density at radius 2 is 1.83 bits per heavy atom. The highest BCUT2D eigenvalue weighted by Gasteiger charge is 2.19. The molecule has 114 valence electrons. The van der Waals surface area contributed by atoms with Crippen LogP contribution >= 0.6 is 0 Å². The summed E-state index contributed by atoms with van der Waals surface area (Å²) >= 11 is 0. The number of aromatic nitrogens is 5. The largest absolute Gasteiger partial charge is 0.333 e. The van der Waals surface area contributed by atoms with Crippen LogP contribution in [0, 0.1) is 13.8 Å². The van der Waals surface area contributed by atoms with Gasteiger partial charge in [-0.2, -0.15) is 0 Å². The first-order chi connectivity index (χ1) is 11.1. The van der Waals surface area contributed by atoms with E-state index < -0.39 is 0 Å². The molecular weight excluding hydrogens is 286 g/mol. The van der Waals surface area contributed by atoms with Crippen LogP contribution in [-0.4, -0.2) is 23.5 Å². The van der Waals surface area contributed by atoms with Crippen molar-refractivity contribution < 1.29 is 0 Å². The van der Waals surface area contributed by atoms with E-state index in [-0.39, 0.29) is 0 Å². The molecule has 3 aromatic heterocycles. The lowest BCUT2D eigenvalue weighted by Gasteiger charge is -2.05. The monoisotopic (exact) mass is 303 g/mol. The average molecular weight is 303 g/mol. The van der Waals surface area contributed by atoms with Crippen LogP contribution in [0.5, 0.6) is 0 Å². The molecule has 0 aliphatic rings. The minimum absolute atomic E-state index is 0.975. The van der Waals surface area contributed by atoms with Gasteiger partial charge in [-0.3, -0.25) is 4.40 Å². The van der Waals surface area contributed by atoms with Gasteiger partial charge in [0.15, 0.2) is 0 Å². The maximum atomic E-state index is 4.89. The number of para-hydroxylation sites is 1. The van der Waals surface area contributed by atoms with Gasteiger partial charge >= 0.3 is 0 Å². The van der Waals surface area contributed by atoms with Crippen LogP contribution in [0.1, 0.15) is 11.1 Å². The average Bonchev–Trinajstić information content (AvgIpc) is 3.15. The summed E-state index contributed by atoms with van der Waals surface area (Å²) in [6.45, 7) is 4.28. The van der Waals surface area contributed by atoms with Crippen LogP contribution in [0.15, 0.2) is 30.6 Å². The maximum absolute atomic E-state index is 4.89. The Labute approximate surface area is 132 Å². The third kappa shape index (κ3) is 1.37. The molecule has 5 rings (SSSR count). The molecule has 0 saturated carbocycles. The number of rotatable bonds is 0. The first-order valence-corrected chi connectivity index (χ1v) is 7.74. The second kappa shape index (κ2) is 3.93. The zero-order valence-corrected chi connectivity index (χ0v) is 13.6. The van der Waals surface area contributed by atoms with Crippen LogP contribution in [0.3, 0.4) is 0 Å². The summed E-state index contributed by atoms with van der Waals surface area (Å²) in [6, 6.07) is 8.52. The van der Waals surface area contributed by atoms with Gasteiger partial charge < -0.3 is 9.13 Å². The van der Waals surface area contributed by atoms with Gasteiger partial charge in [0.2, 0.25) is 5.78 Å². The summed E-state index contributed by atoms with van der Waals surface area (Å²) in [5.41, 5.74) is 9.26. The molecule has 0 N–H and O–H groups in total. The highest BCUT2D eigenvalue weighted by molar-refractivity contribution is 6.00. The Balaban J connectivity index is 2.13. The van der Waals surface area contributed by atoms with E-state index in [1.807, 2.05) is 13.4 Å². The number of aryl methyl sites for hydroxylation is 4. The summed E-state index contributed by atoms with van der Waals surface area (Å²) in [7, 11) is 4.13. The third-order valence-corrected chi connectivity index (χ3v) is 4.94. The van der Waals surface area contributed by atoms with Crippen LogP contribution < -0.4 is 0 Å². The molecule has 5 nitrogen and oxygen atoms in total. The lowest BCUT2D eigenvalue weighted by Crippen LogP contribution is -1.94. The fourth-order valence-corrected chi connectivity index (χ4v) is 3.90. The standard InChI is InChI=1S/C18H17N5/c1-10-6-5-7-13-15(10)20-18-22(4)17-11(2)16-12(19-9-21(16)3)8-14(17)23(13)18/h5-9H,1-4H3. The minimum atomic E-state index is 0.975. The van der Waals surface area contributed by atoms with E-state index in [0.717, 1.165) is 22.3 Å². The highest BCUT2D eigenvalue weighted by Crippen LogP contribution is 2.32. The number of hydrogen-bond donors (Lipinski definition) is 0. The lowest BCUT2D eigenvalue weighted by molar-refractivity contribution is 0.939. The Bertz CT molecular complexity index is 1250. The molecule has 0 bridgehead atoms. The van der Waals surface area contributed by atoms with Gasteiger partial charge in [-0.25, -0.2) is 9.97 Å². The predicted molar refractivity (Wildman–Crippen MR) is 92.9 cm³/mol. The molecule has 23 heavy (non-hydrogen) atoms. The van der Waals surface area contributed by atoms with Crippen molar-refractivity contribution in [2.45, 2.75) is 13.8 Å². The first-order valence-electron chi connectivity index (χ1n) is 7.74. The second-order valence-electron chi connectivity index (χ2n) is 6.34. The molecule has 3 heterocycles. The molecule has 0 aliphatic carbocycles. The van der Waals surface area contributed by atoms with E-state index in [1.54, 1.807) is 0 Å². The fraction of sp³-hybridized carbons (Fsp3) is 0.222. The molecule has 0 atom stereocenters. The van der Waals surface area contributed by atoms with Crippen molar-refractivity contribution in [3.8, 4) is 0 Å². The molecule has 0 unspecified atom stereocenters. The van der Waals surface area contributed by atoms with Gasteiger partial charge in [0.25, 0.3) is 0 Å². The number of nitrogens with zero attached hydrogens (tertiary/aromatic N) is 5. The first kappa shape index (κ1) is 12.7. The molecule has 0 spiro atoms. The van der Waals surface area contributed by atoms with Crippen molar-refractivity contribution in [2.75, 3.05) is 0 Å². The van der Waals surface area contributed by atoms with Crippen molar-refractivity contribution in [1.82, 2.24) is 23.5 Å². The Morgan fingerprint density at radius 1 is 1.00 bits per heavy atom. The molecule has 5 heteroatoms. The molecule has 2 aromatic carbocycles. The molecule has 0 radical (unpaired) electrons. The van der Waals surface area contributed by atoms with Gasteiger partial charge in [-0.05, 0) is 31.5 Å². The van der Waals surface area contributed by atoms with E-state index in [4.69, 9.17) is 4.98 Å². The van der Waals surface area contributed by atoms with E-state index >= 15 is 0 Å². The minimum Gasteiger partial charge on any atom is -0.333 e. The van der Waals surface area contributed by atoms with Gasteiger partial charge in [-0.15, -0.1) is 0 Å². The van der Waals surface area contributed by atoms with Crippen LogP contribution in [-0.2, 0) is 14.1 Å². The van der Waals surface area contributed by atoms with Crippen LogP contribution in [0.4, 0.5) is 0 Å². The van der Waals surface area contributed by atoms with Crippen molar-refractivity contribution >= 4 is 38.9 Å². The highest BCUT2D eigenvalue weighted by atomic mass is 15.2.